The van der Waals surface area contributed by atoms with Gasteiger partial charge in [-0.15, -0.1) is 0 Å². The first-order valence-electron chi connectivity index (χ1n) is 7.35. The van der Waals surface area contributed by atoms with Gasteiger partial charge in [-0.25, -0.2) is 0 Å². The number of aromatic nitrogens is 1. The number of hydrogen-bond acceptors (Lipinski definition) is 2. The summed E-state index contributed by atoms with van der Waals surface area (Å²) in [5, 5.41) is 0.319. The lowest BCUT2D eigenvalue weighted by Crippen LogP contribution is -2.41. The van der Waals surface area contributed by atoms with Crippen LogP contribution < -0.4 is 0 Å². The maximum Gasteiger partial charge on any atom is 0.191 e. The van der Waals surface area contributed by atoms with E-state index < -0.39 is 8.32 Å². The third-order valence-electron chi connectivity index (χ3n) is 4.79. The molecule has 0 spiro atoms. The van der Waals surface area contributed by atoms with E-state index >= 15 is 0 Å². The molecule has 3 heteroatoms. The molecule has 0 saturated heterocycles. The monoisotopic (exact) mass is 277 g/mol. The van der Waals surface area contributed by atoms with Gasteiger partial charge in [-0.2, -0.15) is 0 Å². The first-order chi connectivity index (χ1) is 8.81. The zero-order chi connectivity index (χ0) is 14.1. The highest BCUT2D eigenvalue weighted by Crippen LogP contribution is 2.49. The Labute approximate surface area is 118 Å². The molecule has 1 aromatic heterocycles. The zero-order valence-corrected chi connectivity index (χ0v) is 13.9. The minimum absolute atomic E-state index is 0.319. The second-order valence-corrected chi connectivity index (χ2v) is 12.1. The summed E-state index contributed by atoms with van der Waals surface area (Å²) < 4.78 is 6.25. The molecule has 1 aliphatic rings. The highest BCUT2D eigenvalue weighted by atomic mass is 28.4. The van der Waals surface area contributed by atoms with Crippen molar-refractivity contribution in [2.45, 2.75) is 57.7 Å². The summed E-state index contributed by atoms with van der Waals surface area (Å²) in [5.74, 6) is 1.55. The fraction of sp³-hybridized carbons (Fsp3) is 0.688. The van der Waals surface area contributed by atoms with Gasteiger partial charge in [0, 0.05) is 19.0 Å². The minimum atomic E-state index is -1.56. The van der Waals surface area contributed by atoms with Crippen molar-refractivity contribution in [3.8, 4) is 0 Å². The van der Waals surface area contributed by atoms with E-state index in [1.165, 1.54) is 18.4 Å². The minimum Gasteiger partial charge on any atom is -0.417 e. The Balaban J connectivity index is 1.75. The van der Waals surface area contributed by atoms with Crippen LogP contribution in [0.25, 0.3) is 0 Å². The Morgan fingerprint density at radius 2 is 2.11 bits per heavy atom. The first-order valence-corrected chi connectivity index (χ1v) is 10.3. The third kappa shape index (κ3) is 3.66. The summed E-state index contributed by atoms with van der Waals surface area (Å²) in [5.41, 5.74) is 1.40. The van der Waals surface area contributed by atoms with E-state index in [4.69, 9.17) is 4.43 Å². The van der Waals surface area contributed by atoms with Crippen molar-refractivity contribution in [3.05, 3.63) is 30.1 Å². The summed E-state index contributed by atoms with van der Waals surface area (Å²) in [7, 11) is -1.56. The van der Waals surface area contributed by atoms with Crippen molar-refractivity contribution in [1.29, 1.82) is 0 Å². The van der Waals surface area contributed by atoms with Crippen LogP contribution in [0.5, 0.6) is 0 Å². The van der Waals surface area contributed by atoms with E-state index in [0.29, 0.717) is 5.04 Å². The largest absolute Gasteiger partial charge is 0.417 e. The Hall–Kier alpha value is -0.673. The summed E-state index contributed by atoms with van der Waals surface area (Å²) in [6, 6.07) is 4.24. The quantitative estimate of drug-likeness (QED) is 0.734. The molecular formula is C16H27NOSi. The SMILES string of the molecule is CC(C)(C)[Si](C)(C)OCCC1CC1c1cccnc1. The topological polar surface area (TPSA) is 22.1 Å². The second-order valence-electron chi connectivity index (χ2n) is 7.29. The van der Waals surface area contributed by atoms with E-state index in [1.807, 2.05) is 18.5 Å². The molecule has 19 heavy (non-hydrogen) atoms. The van der Waals surface area contributed by atoms with E-state index in [9.17, 15) is 0 Å². The second kappa shape index (κ2) is 5.37. The van der Waals surface area contributed by atoms with Crippen LogP contribution in [0.2, 0.25) is 18.1 Å². The standard InChI is InChI=1S/C16H27NOSi/c1-16(2,3)19(4,5)18-10-8-13-11-15(13)14-7-6-9-17-12-14/h6-7,9,12-13,15H,8,10-11H2,1-5H3. The van der Waals surface area contributed by atoms with Gasteiger partial charge in [0.25, 0.3) is 0 Å². The summed E-state index contributed by atoms with van der Waals surface area (Å²) in [6.45, 7) is 12.5. The van der Waals surface area contributed by atoms with Crippen LogP contribution in [0.15, 0.2) is 24.5 Å². The molecule has 1 fully saturated rings. The molecule has 0 radical (unpaired) electrons. The molecule has 106 valence electrons. The average Bonchev–Trinajstić information content (AvgIpc) is 3.08. The first kappa shape index (κ1) is 14.7. The Kier molecular flexibility index (Phi) is 4.16. The maximum absolute atomic E-state index is 6.25. The van der Waals surface area contributed by atoms with Gasteiger partial charge in [-0.1, -0.05) is 26.8 Å². The van der Waals surface area contributed by atoms with Crippen molar-refractivity contribution in [3.63, 3.8) is 0 Å². The lowest BCUT2D eigenvalue weighted by Gasteiger charge is -2.36. The van der Waals surface area contributed by atoms with Crippen molar-refractivity contribution in [2.75, 3.05) is 6.61 Å². The number of nitrogens with zero attached hydrogens (tertiary/aromatic N) is 1. The van der Waals surface area contributed by atoms with Gasteiger partial charge >= 0.3 is 0 Å². The molecule has 2 nitrogen and oxygen atoms in total. The van der Waals surface area contributed by atoms with E-state index in [1.54, 1.807) is 0 Å². The smallest absolute Gasteiger partial charge is 0.191 e. The van der Waals surface area contributed by atoms with Crippen molar-refractivity contribution >= 4 is 8.32 Å². The van der Waals surface area contributed by atoms with Crippen LogP contribution in [0.4, 0.5) is 0 Å². The van der Waals surface area contributed by atoms with Gasteiger partial charge in [0.05, 0.1) is 0 Å². The highest BCUT2D eigenvalue weighted by molar-refractivity contribution is 6.74. The van der Waals surface area contributed by atoms with Crippen LogP contribution in [0, 0.1) is 5.92 Å². The lowest BCUT2D eigenvalue weighted by molar-refractivity contribution is 0.274. The molecule has 2 unspecified atom stereocenters. The Bertz CT molecular complexity index is 411. The molecule has 0 N–H and O–H groups in total. The molecule has 0 aliphatic heterocycles. The summed E-state index contributed by atoms with van der Waals surface area (Å²) >= 11 is 0. The average molecular weight is 277 g/mol. The van der Waals surface area contributed by atoms with Gasteiger partial charge in [0.2, 0.25) is 0 Å². The van der Waals surface area contributed by atoms with Crippen LogP contribution in [0.3, 0.4) is 0 Å². The van der Waals surface area contributed by atoms with E-state index in [2.05, 4.69) is 44.9 Å². The van der Waals surface area contributed by atoms with E-state index in [0.717, 1.165) is 18.4 Å². The normalized spacial score (nSPS) is 23.4. The predicted octanol–water partition coefficient (Wildman–Crippen LogP) is 4.60. The van der Waals surface area contributed by atoms with Gasteiger partial charge in [-0.3, -0.25) is 4.98 Å². The predicted molar refractivity (Wildman–Crippen MR) is 82.9 cm³/mol. The number of rotatable bonds is 5. The molecule has 1 heterocycles. The van der Waals surface area contributed by atoms with Crippen molar-refractivity contribution < 1.29 is 4.43 Å². The fourth-order valence-corrected chi connectivity index (χ4v) is 3.31. The van der Waals surface area contributed by atoms with Crippen molar-refractivity contribution in [1.82, 2.24) is 4.98 Å². The summed E-state index contributed by atoms with van der Waals surface area (Å²) in [6.07, 6.45) is 6.37. The molecule has 2 atom stereocenters. The zero-order valence-electron chi connectivity index (χ0n) is 12.9. The molecular weight excluding hydrogens is 250 g/mol. The Morgan fingerprint density at radius 3 is 2.68 bits per heavy atom. The summed E-state index contributed by atoms with van der Waals surface area (Å²) in [4.78, 5) is 4.21. The third-order valence-corrected chi connectivity index (χ3v) is 9.33. The number of hydrogen-bond donors (Lipinski definition) is 0. The maximum atomic E-state index is 6.25. The van der Waals surface area contributed by atoms with Gasteiger partial charge < -0.3 is 4.43 Å². The molecule has 0 amide bonds. The van der Waals surface area contributed by atoms with Gasteiger partial charge in [0.1, 0.15) is 0 Å². The van der Waals surface area contributed by atoms with Crippen LogP contribution in [-0.4, -0.2) is 19.9 Å². The van der Waals surface area contributed by atoms with Gasteiger partial charge in [-0.05, 0) is 54.4 Å². The molecule has 1 aromatic rings. The Morgan fingerprint density at radius 1 is 1.37 bits per heavy atom. The molecule has 1 aliphatic carbocycles. The highest BCUT2D eigenvalue weighted by Gasteiger charge is 2.40. The van der Waals surface area contributed by atoms with Crippen LogP contribution in [0.1, 0.15) is 45.1 Å². The molecule has 2 rings (SSSR count). The number of pyridine rings is 1. The van der Waals surface area contributed by atoms with Crippen molar-refractivity contribution in [2.24, 2.45) is 5.92 Å². The van der Waals surface area contributed by atoms with E-state index in [-0.39, 0.29) is 0 Å². The molecule has 0 bridgehead atoms. The fourth-order valence-electron chi connectivity index (χ4n) is 2.25. The van der Waals surface area contributed by atoms with Gasteiger partial charge in [0.15, 0.2) is 8.32 Å². The molecule has 0 aromatic carbocycles. The molecule has 1 saturated carbocycles. The van der Waals surface area contributed by atoms with Crippen LogP contribution in [-0.2, 0) is 4.43 Å². The lowest BCUT2D eigenvalue weighted by atomic mass is 10.1. The van der Waals surface area contributed by atoms with Crippen LogP contribution >= 0.6 is 0 Å².